The van der Waals surface area contributed by atoms with E-state index >= 15 is 0 Å². The number of para-hydroxylation sites is 1. The maximum absolute atomic E-state index is 12.6. The van der Waals surface area contributed by atoms with Crippen LogP contribution in [0.1, 0.15) is 27.8 Å². The van der Waals surface area contributed by atoms with Gasteiger partial charge in [0, 0.05) is 53.8 Å². The van der Waals surface area contributed by atoms with Gasteiger partial charge >= 0.3 is 18.1 Å². The first-order chi connectivity index (χ1) is 26.2. The molecule has 0 atom stereocenters. The number of anilines is 6. The van der Waals surface area contributed by atoms with Crippen LogP contribution in [-0.2, 0) is 19.6 Å². The molecule has 6 rings (SSSR count). The Labute approximate surface area is 315 Å². The van der Waals surface area contributed by atoms with E-state index in [0.29, 0.717) is 42.4 Å². The SMILES string of the molecule is Cc1ccc(NC(=O)Nc2ccc(CN(Cc3ccc(NC(=O)Nc4ccccc4)cc3)Cc3ccc(NC(=O)Nc4ccc(C)cc4)cc3)cc2)cc1. The molecule has 0 unspecified atom stereocenters. The predicted octanol–water partition coefficient (Wildman–Crippen LogP) is 10.4. The van der Waals surface area contributed by atoms with E-state index in [2.05, 4.69) is 36.8 Å². The second kappa shape index (κ2) is 18.0. The summed E-state index contributed by atoms with van der Waals surface area (Å²) >= 11 is 0. The molecular weight excluding hydrogens is 675 g/mol. The number of hydrogen-bond acceptors (Lipinski definition) is 4. The molecule has 10 nitrogen and oxygen atoms in total. The largest absolute Gasteiger partial charge is 0.323 e. The minimum Gasteiger partial charge on any atom is -0.308 e. The van der Waals surface area contributed by atoms with Crippen molar-refractivity contribution in [2.45, 2.75) is 33.5 Å². The van der Waals surface area contributed by atoms with Gasteiger partial charge in [-0.1, -0.05) is 90.0 Å². The third kappa shape index (κ3) is 11.6. The molecule has 0 aliphatic carbocycles. The quantitative estimate of drug-likeness (QED) is 0.0753. The molecule has 0 heterocycles. The highest BCUT2D eigenvalue weighted by molar-refractivity contribution is 6.01. The summed E-state index contributed by atoms with van der Waals surface area (Å²) in [6.45, 7) is 5.90. The Kier molecular flexibility index (Phi) is 12.3. The Morgan fingerprint density at radius 3 is 0.870 bits per heavy atom. The highest BCUT2D eigenvalue weighted by atomic mass is 16.2. The Bertz CT molecular complexity index is 2030. The van der Waals surface area contributed by atoms with Crippen LogP contribution in [0, 0.1) is 13.8 Å². The van der Waals surface area contributed by atoms with Gasteiger partial charge < -0.3 is 31.9 Å². The van der Waals surface area contributed by atoms with Gasteiger partial charge in [0.05, 0.1) is 0 Å². The number of nitrogens with one attached hydrogen (secondary N) is 6. The molecule has 272 valence electrons. The Balaban J connectivity index is 1.10. The number of carbonyl (C=O) groups is 3. The summed E-state index contributed by atoms with van der Waals surface area (Å²) < 4.78 is 0. The molecule has 0 aliphatic rings. The molecule has 0 bridgehead atoms. The summed E-state index contributed by atoms with van der Waals surface area (Å²) in [7, 11) is 0. The summed E-state index contributed by atoms with van der Waals surface area (Å²) in [6, 6.07) is 47.0. The number of benzene rings is 6. The van der Waals surface area contributed by atoms with E-state index in [1.54, 1.807) is 0 Å². The summed E-state index contributed by atoms with van der Waals surface area (Å²) in [4.78, 5) is 40.0. The third-order valence-corrected chi connectivity index (χ3v) is 8.50. The molecule has 0 spiro atoms. The first-order valence-electron chi connectivity index (χ1n) is 17.6. The molecule has 0 saturated heterocycles. The van der Waals surface area contributed by atoms with Crippen molar-refractivity contribution in [3.05, 3.63) is 179 Å². The molecule has 6 N–H and O–H groups in total. The van der Waals surface area contributed by atoms with Gasteiger partial charge in [-0.25, -0.2) is 14.4 Å². The van der Waals surface area contributed by atoms with Crippen LogP contribution in [0.3, 0.4) is 0 Å². The van der Waals surface area contributed by atoms with Crippen LogP contribution >= 0.6 is 0 Å². The lowest BCUT2D eigenvalue weighted by atomic mass is 10.1. The van der Waals surface area contributed by atoms with Crippen molar-refractivity contribution in [1.82, 2.24) is 4.90 Å². The number of rotatable bonds is 12. The van der Waals surface area contributed by atoms with E-state index in [-0.39, 0.29) is 18.1 Å². The Morgan fingerprint density at radius 2 is 0.593 bits per heavy atom. The van der Waals surface area contributed by atoms with Crippen molar-refractivity contribution in [3.63, 3.8) is 0 Å². The third-order valence-electron chi connectivity index (χ3n) is 8.50. The van der Waals surface area contributed by atoms with E-state index < -0.39 is 0 Å². The van der Waals surface area contributed by atoms with Gasteiger partial charge in [-0.2, -0.15) is 0 Å². The zero-order chi connectivity index (χ0) is 37.7. The average molecular weight is 718 g/mol. The van der Waals surface area contributed by atoms with Crippen LogP contribution in [0.5, 0.6) is 0 Å². The van der Waals surface area contributed by atoms with E-state index in [9.17, 15) is 14.4 Å². The summed E-state index contributed by atoms with van der Waals surface area (Å²) in [5.74, 6) is 0. The molecule has 6 aromatic carbocycles. The minimum atomic E-state index is -0.313. The molecule has 54 heavy (non-hydrogen) atoms. The van der Waals surface area contributed by atoms with E-state index in [1.165, 1.54) is 0 Å². The first kappa shape index (κ1) is 36.9. The molecule has 0 aromatic heterocycles. The van der Waals surface area contributed by atoms with Gasteiger partial charge in [0.2, 0.25) is 0 Å². The van der Waals surface area contributed by atoms with E-state index in [1.807, 2.05) is 166 Å². The average Bonchev–Trinajstić information content (AvgIpc) is 3.16. The van der Waals surface area contributed by atoms with Crippen LogP contribution in [0.2, 0.25) is 0 Å². The topological polar surface area (TPSA) is 127 Å². The summed E-state index contributed by atoms with van der Waals surface area (Å²) in [5.41, 5.74) is 9.66. The smallest absolute Gasteiger partial charge is 0.308 e. The maximum atomic E-state index is 12.6. The molecule has 6 aromatic rings. The van der Waals surface area contributed by atoms with Gasteiger partial charge in [0.15, 0.2) is 0 Å². The molecular formula is C44H43N7O3. The zero-order valence-corrected chi connectivity index (χ0v) is 30.2. The lowest BCUT2D eigenvalue weighted by Gasteiger charge is -2.23. The number of nitrogens with zero attached hydrogens (tertiary/aromatic N) is 1. The minimum absolute atomic E-state index is 0.311. The fourth-order valence-corrected chi connectivity index (χ4v) is 5.70. The predicted molar refractivity (Wildman–Crippen MR) is 219 cm³/mol. The highest BCUT2D eigenvalue weighted by Crippen LogP contribution is 2.20. The molecule has 0 aliphatic heterocycles. The molecule has 0 radical (unpaired) electrons. The number of aryl methyl sites for hydroxylation is 2. The fourth-order valence-electron chi connectivity index (χ4n) is 5.70. The van der Waals surface area contributed by atoms with Crippen molar-refractivity contribution < 1.29 is 14.4 Å². The van der Waals surface area contributed by atoms with Crippen molar-refractivity contribution in [2.24, 2.45) is 0 Å². The lowest BCUT2D eigenvalue weighted by Crippen LogP contribution is -2.23. The Hall–Kier alpha value is -6.91. The van der Waals surface area contributed by atoms with Crippen LogP contribution in [-0.4, -0.2) is 23.0 Å². The van der Waals surface area contributed by atoms with Crippen molar-refractivity contribution in [3.8, 4) is 0 Å². The van der Waals surface area contributed by atoms with Gasteiger partial charge in [-0.05, 0) is 103 Å². The lowest BCUT2D eigenvalue weighted by molar-refractivity contribution is 0.247. The Morgan fingerprint density at radius 1 is 0.352 bits per heavy atom. The van der Waals surface area contributed by atoms with Crippen LogP contribution in [0.15, 0.2) is 152 Å². The van der Waals surface area contributed by atoms with Crippen LogP contribution < -0.4 is 31.9 Å². The molecule has 10 heteroatoms. The number of carbonyl (C=O) groups excluding carboxylic acids is 3. The number of amides is 6. The second-order valence-electron chi connectivity index (χ2n) is 13.1. The van der Waals surface area contributed by atoms with Gasteiger partial charge in [-0.15, -0.1) is 0 Å². The van der Waals surface area contributed by atoms with Gasteiger partial charge in [-0.3, -0.25) is 4.90 Å². The van der Waals surface area contributed by atoms with Crippen molar-refractivity contribution >= 4 is 52.2 Å². The molecule has 0 fully saturated rings. The van der Waals surface area contributed by atoms with E-state index in [4.69, 9.17) is 0 Å². The van der Waals surface area contributed by atoms with Crippen LogP contribution in [0.4, 0.5) is 48.5 Å². The molecule has 6 amide bonds. The summed E-state index contributed by atoms with van der Waals surface area (Å²) in [5, 5.41) is 17.2. The second-order valence-corrected chi connectivity index (χ2v) is 13.1. The monoisotopic (exact) mass is 717 g/mol. The van der Waals surface area contributed by atoms with Gasteiger partial charge in [0.1, 0.15) is 0 Å². The molecule has 0 saturated carbocycles. The summed E-state index contributed by atoms with van der Waals surface area (Å²) in [6.07, 6.45) is 0. The highest BCUT2D eigenvalue weighted by Gasteiger charge is 2.12. The van der Waals surface area contributed by atoms with E-state index in [0.717, 1.165) is 39.2 Å². The first-order valence-corrected chi connectivity index (χ1v) is 17.6. The van der Waals surface area contributed by atoms with Crippen molar-refractivity contribution in [1.29, 1.82) is 0 Å². The normalized spacial score (nSPS) is 10.6. The number of hydrogen-bond donors (Lipinski definition) is 6. The van der Waals surface area contributed by atoms with Crippen LogP contribution in [0.25, 0.3) is 0 Å². The zero-order valence-electron chi connectivity index (χ0n) is 30.2. The maximum Gasteiger partial charge on any atom is 0.323 e. The number of urea groups is 3. The fraction of sp³-hybridized carbons (Fsp3) is 0.114. The standard InChI is InChI=1S/C44H43N7O3/c1-31-8-18-37(19-9-31)46-43(53)49-40-24-14-34(15-25-40)29-51(28-33-12-22-39(23-13-33)48-42(52)45-36-6-4-3-5-7-36)30-35-16-26-41(27-17-35)50-44(54)47-38-20-10-32(2)11-21-38/h3-27H,28-30H2,1-2H3,(H2,45,48,52)(H2,46,49,53)(H2,47,50,54). The van der Waals surface area contributed by atoms with Gasteiger partial charge in [0.25, 0.3) is 0 Å². The van der Waals surface area contributed by atoms with Crippen molar-refractivity contribution in [2.75, 3.05) is 31.9 Å².